The topological polar surface area (TPSA) is 84.2 Å². The van der Waals surface area contributed by atoms with E-state index in [9.17, 15) is 12.8 Å². The highest BCUT2D eigenvalue weighted by Gasteiger charge is 2.25. The fourth-order valence-electron chi connectivity index (χ4n) is 2.87. The van der Waals surface area contributed by atoms with E-state index in [2.05, 4.69) is 15.2 Å². The molecule has 0 aliphatic heterocycles. The monoisotopic (exact) mass is 353 g/mol. The summed E-state index contributed by atoms with van der Waals surface area (Å²) in [6.45, 7) is 0.576. The molecule has 3 rings (SSSR count). The Morgan fingerprint density at radius 2 is 2.12 bits per heavy atom. The van der Waals surface area contributed by atoms with Gasteiger partial charge in [0.25, 0.3) is 0 Å². The van der Waals surface area contributed by atoms with Crippen LogP contribution in [0.5, 0.6) is 0 Å². The minimum absolute atomic E-state index is 0.123. The van der Waals surface area contributed by atoms with Gasteiger partial charge in [0.2, 0.25) is 10.0 Å². The molecule has 1 atom stereocenters. The van der Waals surface area contributed by atoms with Gasteiger partial charge in [-0.3, -0.25) is 0 Å². The van der Waals surface area contributed by atoms with Gasteiger partial charge < -0.3 is 9.84 Å². The lowest BCUT2D eigenvalue weighted by molar-refractivity contribution is 0.350. The van der Waals surface area contributed by atoms with Gasteiger partial charge in [0.15, 0.2) is 0 Å². The Balaban J connectivity index is 1.63. The molecule has 24 heavy (non-hydrogen) atoms. The highest BCUT2D eigenvalue weighted by molar-refractivity contribution is 7.88. The average molecular weight is 353 g/mol. The maximum Gasteiger partial charge on any atom is 0.209 e. The van der Waals surface area contributed by atoms with Crippen molar-refractivity contribution in [2.24, 2.45) is 0 Å². The highest BCUT2D eigenvalue weighted by atomic mass is 32.2. The summed E-state index contributed by atoms with van der Waals surface area (Å²) in [5, 5.41) is 7.34. The van der Waals surface area contributed by atoms with Crippen molar-refractivity contribution in [2.45, 2.75) is 38.4 Å². The molecular weight excluding hydrogens is 333 g/mol. The van der Waals surface area contributed by atoms with E-state index in [4.69, 9.17) is 4.52 Å². The van der Waals surface area contributed by atoms with Crippen LogP contribution in [0.15, 0.2) is 28.8 Å². The molecule has 1 unspecified atom stereocenters. The number of sulfonamides is 1. The number of nitrogens with zero attached hydrogens (tertiary/aromatic N) is 1. The van der Waals surface area contributed by atoms with Crippen molar-refractivity contribution < 1.29 is 17.3 Å². The second-order valence-electron chi connectivity index (χ2n) is 6.04. The van der Waals surface area contributed by atoms with Gasteiger partial charge >= 0.3 is 0 Å². The van der Waals surface area contributed by atoms with E-state index in [0.29, 0.717) is 24.2 Å². The third-order valence-electron chi connectivity index (χ3n) is 4.16. The predicted molar refractivity (Wildman–Crippen MR) is 87.2 cm³/mol. The summed E-state index contributed by atoms with van der Waals surface area (Å²) < 4.78 is 43.9. The summed E-state index contributed by atoms with van der Waals surface area (Å²) in [5.74, 6) is 0.591. The first kappa shape index (κ1) is 17.1. The fourth-order valence-corrected chi connectivity index (χ4v) is 3.27. The summed E-state index contributed by atoms with van der Waals surface area (Å²) in [4.78, 5) is 0. The van der Waals surface area contributed by atoms with Gasteiger partial charge in [0, 0.05) is 30.1 Å². The minimum Gasteiger partial charge on any atom is -0.361 e. The number of hydrogen-bond acceptors (Lipinski definition) is 5. The van der Waals surface area contributed by atoms with Crippen LogP contribution >= 0.6 is 0 Å². The highest BCUT2D eigenvalue weighted by Crippen LogP contribution is 2.25. The third-order valence-corrected chi connectivity index (χ3v) is 4.83. The molecule has 1 aromatic carbocycles. The van der Waals surface area contributed by atoms with E-state index >= 15 is 0 Å². The van der Waals surface area contributed by atoms with Gasteiger partial charge in [-0.2, -0.15) is 0 Å². The number of aryl methyl sites for hydroxylation is 1. The zero-order valence-corrected chi connectivity index (χ0v) is 14.2. The summed E-state index contributed by atoms with van der Waals surface area (Å²) in [7, 11) is -3.28. The number of aromatic nitrogens is 1. The van der Waals surface area contributed by atoms with Crippen LogP contribution in [-0.4, -0.2) is 25.9 Å². The number of fused-ring (bicyclic) bond motifs is 1. The molecule has 0 bridgehead atoms. The van der Waals surface area contributed by atoms with Crippen molar-refractivity contribution in [2.75, 3.05) is 6.26 Å². The van der Waals surface area contributed by atoms with Crippen LogP contribution in [0.3, 0.4) is 0 Å². The van der Waals surface area contributed by atoms with Crippen molar-refractivity contribution in [1.82, 2.24) is 15.2 Å². The Kier molecular flexibility index (Phi) is 4.98. The van der Waals surface area contributed by atoms with E-state index in [0.717, 1.165) is 30.4 Å². The smallest absolute Gasteiger partial charge is 0.209 e. The SMILES string of the molecule is CS(=O)(=O)NCc1noc2c1CC(NCc1ccccc1F)CC2. The molecule has 0 saturated heterocycles. The first-order valence-electron chi connectivity index (χ1n) is 7.80. The summed E-state index contributed by atoms with van der Waals surface area (Å²) in [5.41, 5.74) is 2.20. The van der Waals surface area contributed by atoms with Crippen molar-refractivity contribution in [1.29, 1.82) is 0 Å². The molecule has 0 amide bonds. The van der Waals surface area contributed by atoms with Crippen LogP contribution in [0, 0.1) is 5.82 Å². The Hall–Kier alpha value is -1.77. The summed E-state index contributed by atoms with van der Waals surface area (Å²) in [6, 6.07) is 6.87. The van der Waals surface area contributed by atoms with Crippen LogP contribution in [0.2, 0.25) is 0 Å². The Morgan fingerprint density at radius 3 is 2.88 bits per heavy atom. The molecule has 0 spiro atoms. The molecule has 0 saturated carbocycles. The average Bonchev–Trinajstić information content (AvgIpc) is 2.94. The zero-order valence-electron chi connectivity index (χ0n) is 13.4. The number of benzene rings is 1. The van der Waals surface area contributed by atoms with Crippen LogP contribution in [0.25, 0.3) is 0 Å². The van der Waals surface area contributed by atoms with Crippen molar-refractivity contribution in [3.05, 3.63) is 52.7 Å². The largest absolute Gasteiger partial charge is 0.361 e. The molecule has 130 valence electrons. The van der Waals surface area contributed by atoms with Crippen molar-refractivity contribution in [3.8, 4) is 0 Å². The van der Waals surface area contributed by atoms with Gasteiger partial charge in [-0.15, -0.1) is 0 Å². The van der Waals surface area contributed by atoms with Crippen molar-refractivity contribution >= 4 is 10.0 Å². The van der Waals surface area contributed by atoms with E-state index in [-0.39, 0.29) is 18.4 Å². The normalized spacial score (nSPS) is 17.7. The number of rotatable bonds is 6. The van der Waals surface area contributed by atoms with Crippen LogP contribution in [-0.2, 0) is 36.0 Å². The molecule has 2 N–H and O–H groups in total. The molecule has 0 fully saturated rings. The Morgan fingerprint density at radius 1 is 1.33 bits per heavy atom. The van der Waals surface area contributed by atoms with Gasteiger partial charge in [0.05, 0.1) is 12.8 Å². The lowest BCUT2D eigenvalue weighted by Crippen LogP contribution is -2.34. The maximum atomic E-state index is 13.7. The molecule has 1 aliphatic rings. The number of hydrogen-bond donors (Lipinski definition) is 2. The van der Waals surface area contributed by atoms with E-state index < -0.39 is 10.0 Å². The molecule has 0 radical (unpaired) electrons. The van der Waals surface area contributed by atoms with Crippen LogP contribution in [0.4, 0.5) is 4.39 Å². The first-order valence-corrected chi connectivity index (χ1v) is 9.69. The number of halogens is 1. The second kappa shape index (κ2) is 7.00. The third kappa shape index (κ3) is 4.19. The number of nitrogens with one attached hydrogen (secondary N) is 2. The van der Waals surface area contributed by atoms with Crippen LogP contribution < -0.4 is 10.0 Å². The molecular formula is C16H20FN3O3S. The second-order valence-corrected chi connectivity index (χ2v) is 7.87. The fraction of sp³-hybridized carbons (Fsp3) is 0.438. The van der Waals surface area contributed by atoms with E-state index in [1.165, 1.54) is 6.07 Å². The molecule has 1 aromatic heterocycles. The molecule has 1 heterocycles. The van der Waals surface area contributed by atoms with Gasteiger partial charge in [0.1, 0.15) is 17.3 Å². The lowest BCUT2D eigenvalue weighted by atomic mass is 9.92. The Bertz CT molecular complexity index is 820. The van der Waals surface area contributed by atoms with E-state index in [1.54, 1.807) is 12.1 Å². The summed E-state index contributed by atoms with van der Waals surface area (Å²) in [6.07, 6.45) is 3.40. The van der Waals surface area contributed by atoms with Gasteiger partial charge in [-0.1, -0.05) is 23.4 Å². The molecule has 2 aromatic rings. The standard InChI is InChI=1S/C16H20FN3O3S/c1-24(21,22)19-10-15-13-8-12(6-7-16(13)23-20-15)18-9-11-4-2-3-5-14(11)17/h2-5,12,18-19H,6-10H2,1H3. The summed E-state index contributed by atoms with van der Waals surface area (Å²) >= 11 is 0. The minimum atomic E-state index is -3.28. The molecule has 1 aliphatic carbocycles. The molecule has 8 heteroatoms. The van der Waals surface area contributed by atoms with Gasteiger partial charge in [-0.25, -0.2) is 17.5 Å². The Labute approximate surface area is 140 Å². The lowest BCUT2D eigenvalue weighted by Gasteiger charge is -2.23. The van der Waals surface area contributed by atoms with Crippen molar-refractivity contribution in [3.63, 3.8) is 0 Å². The van der Waals surface area contributed by atoms with Gasteiger partial charge in [-0.05, 0) is 18.9 Å². The quantitative estimate of drug-likeness (QED) is 0.822. The van der Waals surface area contributed by atoms with Crippen LogP contribution in [0.1, 0.15) is 29.0 Å². The predicted octanol–water partition coefficient (Wildman–Crippen LogP) is 1.51. The first-order chi connectivity index (χ1) is 11.4. The maximum absolute atomic E-state index is 13.7. The molecule has 6 nitrogen and oxygen atoms in total. The zero-order chi connectivity index (χ0) is 17.2. The van der Waals surface area contributed by atoms with E-state index in [1.807, 2.05) is 6.07 Å².